The number of carbonyl (C=O) groups excluding carboxylic acids is 1. The molecule has 1 aromatic rings. The van der Waals surface area contributed by atoms with Gasteiger partial charge in [-0.25, -0.2) is 0 Å². The first kappa shape index (κ1) is 21.3. The van der Waals surface area contributed by atoms with Crippen molar-refractivity contribution in [3.8, 4) is 11.5 Å². The second-order valence-electron chi connectivity index (χ2n) is 5.84. The van der Waals surface area contributed by atoms with Crippen LogP contribution in [0.25, 0.3) is 0 Å². The van der Waals surface area contributed by atoms with Crippen molar-refractivity contribution in [1.29, 1.82) is 0 Å². The van der Waals surface area contributed by atoms with Gasteiger partial charge in [-0.15, -0.1) is 0 Å². The summed E-state index contributed by atoms with van der Waals surface area (Å²) in [6.07, 6.45) is -6.92. The summed E-state index contributed by atoms with van der Waals surface area (Å²) >= 11 is 0. The zero-order chi connectivity index (χ0) is 20.4. The van der Waals surface area contributed by atoms with E-state index < -0.39 is 53.3 Å². The van der Waals surface area contributed by atoms with Gasteiger partial charge in [0.25, 0.3) is 5.91 Å². The fourth-order valence-electron chi connectivity index (χ4n) is 2.41. The summed E-state index contributed by atoms with van der Waals surface area (Å²) < 4.78 is 38.4. The number of hydrogen-bond acceptors (Lipinski definition) is 10. The Morgan fingerprint density at radius 3 is 2.41 bits per heavy atom. The van der Waals surface area contributed by atoms with Gasteiger partial charge in [-0.3, -0.25) is 4.79 Å². The number of benzene rings is 1. The normalized spacial score (nSPS) is 28.4. The van der Waals surface area contributed by atoms with Crippen LogP contribution in [0.5, 0.6) is 11.5 Å². The summed E-state index contributed by atoms with van der Waals surface area (Å²) in [7, 11) is -2.60. The second kappa shape index (κ2) is 8.37. The number of ether oxygens (including phenoxy) is 2. The van der Waals surface area contributed by atoms with Crippen molar-refractivity contribution >= 4 is 16.0 Å². The number of hydrogen-bond donors (Lipinski definition) is 5. The van der Waals surface area contributed by atoms with E-state index in [1.807, 2.05) is 0 Å². The van der Waals surface area contributed by atoms with E-state index in [0.717, 1.165) is 12.3 Å². The van der Waals surface area contributed by atoms with Gasteiger partial charge in [-0.05, 0) is 18.2 Å². The van der Waals surface area contributed by atoms with Gasteiger partial charge in [0.2, 0.25) is 6.29 Å². The first-order valence-electron chi connectivity index (χ1n) is 7.80. The highest BCUT2D eigenvalue weighted by Crippen LogP contribution is 2.33. The summed E-state index contributed by atoms with van der Waals surface area (Å²) in [5.41, 5.74) is 0.0808. The van der Waals surface area contributed by atoms with E-state index in [1.165, 1.54) is 19.2 Å². The third-order valence-electron chi connectivity index (χ3n) is 3.77. The third-order valence-corrected chi connectivity index (χ3v) is 4.25. The molecular weight excluding hydrogens is 386 g/mol. The molecule has 152 valence electrons. The van der Waals surface area contributed by atoms with Crippen LogP contribution in [0.4, 0.5) is 0 Å². The standard InChI is InChI=1S/C15H21NO10S/c1-16-14(21)7-3-4-8(9(5-7)26-27(2,22)23)24-15-13(20)12(19)11(18)10(6-17)25-15/h3-5,10-13,15,17-20H,6H2,1-2H3,(H,16,21)/t10-,11+,12+,13-,15-/m1/s1. The van der Waals surface area contributed by atoms with E-state index in [0.29, 0.717) is 0 Å². The summed E-state index contributed by atoms with van der Waals surface area (Å²) in [4.78, 5) is 11.7. The van der Waals surface area contributed by atoms with Gasteiger partial charge in [0.05, 0.1) is 12.9 Å². The zero-order valence-electron chi connectivity index (χ0n) is 14.5. The number of carbonyl (C=O) groups is 1. The molecule has 5 atom stereocenters. The Morgan fingerprint density at radius 1 is 1.19 bits per heavy atom. The predicted molar refractivity (Wildman–Crippen MR) is 89.7 cm³/mol. The van der Waals surface area contributed by atoms with Crippen LogP contribution in [0.3, 0.4) is 0 Å². The van der Waals surface area contributed by atoms with Crippen molar-refractivity contribution in [2.24, 2.45) is 0 Å². The average molecular weight is 407 g/mol. The van der Waals surface area contributed by atoms with Crippen LogP contribution < -0.4 is 14.2 Å². The minimum Gasteiger partial charge on any atom is -0.458 e. The van der Waals surface area contributed by atoms with E-state index >= 15 is 0 Å². The molecule has 1 aliphatic heterocycles. The smallest absolute Gasteiger partial charge is 0.306 e. The molecule has 12 heteroatoms. The van der Waals surface area contributed by atoms with Crippen molar-refractivity contribution in [2.75, 3.05) is 19.9 Å². The van der Waals surface area contributed by atoms with Crippen LogP contribution in [-0.4, -0.2) is 85.4 Å². The van der Waals surface area contributed by atoms with Gasteiger partial charge < -0.3 is 39.4 Å². The fraction of sp³-hybridized carbons (Fsp3) is 0.533. The molecule has 1 fully saturated rings. The van der Waals surface area contributed by atoms with Gasteiger partial charge in [-0.1, -0.05) is 0 Å². The van der Waals surface area contributed by atoms with E-state index in [2.05, 4.69) is 5.32 Å². The lowest BCUT2D eigenvalue weighted by atomic mass is 9.99. The molecular formula is C15H21NO10S. The van der Waals surface area contributed by atoms with Crippen LogP contribution in [0.1, 0.15) is 10.4 Å². The Balaban J connectivity index is 2.34. The topological polar surface area (TPSA) is 172 Å². The van der Waals surface area contributed by atoms with Crippen LogP contribution in [0, 0.1) is 0 Å². The van der Waals surface area contributed by atoms with E-state index in [9.17, 15) is 33.6 Å². The molecule has 1 heterocycles. The number of rotatable bonds is 6. The van der Waals surface area contributed by atoms with Gasteiger partial charge in [-0.2, -0.15) is 8.42 Å². The quantitative estimate of drug-likeness (QED) is 0.319. The molecule has 2 rings (SSSR count). The number of aliphatic hydroxyl groups excluding tert-OH is 4. The monoisotopic (exact) mass is 407 g/mol. The Labute approximate surface area is 155 Å². The van der Waals surface area contributed by atoms with Crippen LogP contribution in [0.2, 0.25) is 0 Å². The molecule has 1 amide bonds. The lowest BCUT2D eigenvalue weighted by molar-refractivity contribution is -0.277. The molecule has 0 aromatic heterocycles. The molecule has 27 heavy (non-hydrogen) atoms. The van der Waals surface area contributed by atoms with Gasteiger partial charge in [0.1, 0.15) is 24.4 Å². The summed E-state index contributed by atoms with van der Waals surface area (Å²) in [5.74, 6) is -1.07. The van der Waals surface area contributed by atoms with Gasteiger partial charge in [0, 0.05) is 12.6 Å². The first-order valence-corrected chi connectivity index (χ1v) is 9.61. The van der Waals surface area contributed by atoms with Crippen LogP contribution in [0.15, 0.2) is 18.2 Å². The highest BCUT2D eigenvalue weighted by Gasteiger charge is 2.45. The molecule has 0 spiro atoms. The highest BCUT2D eigenvalue weighted by atomic mass is 32.2. The van der Waals surface area contributed by atoms with Crippen molar-refractivity contribution in [1.82, 2.24) is 5.32 Å². The molecule has 0 bridgehead atoms. The van der Waals surface area contributed by atoms with E-state index in [-0.39, 0.29) is 17.1 Å². The molecule has 0 unspecified atom stereocenters. The summed E-state index contributed by atoms with van der Waals surface area (Å²) in [6.45, 7) is -0.660. The average Bonchev–Trinajstić information content (AvgIpc) is 2.61. The molecule has 1 saturated heterocycles. The first-order chi connectivity index (χ1) is 12.6. The molecule has 0 radical (unpaired) electrons. The summed E-state index contributed by atoms with van der Waals surface area (Å²) in [5, 5.41) is 41.2. The Hall–Kier alpha value is -1.96. The number of amides is 1. The Kier molecular flexibility index (Phi) is 6.62. The van der Waals surface area contributed by atoms with Gasteiger partial charge in [0.15, 0.2) is 11.5 Å². The SMILES string of the molecule is CNC(=O)c1ccc(O[C@@H]2O[C@H](CO)[C@H](O)[C@H](O)[C@H]2O)c(OS(C)(=O)=O)c1. The maximum absolute atomic E-state index is 11.7. The van der Waals surface area contributed by atoms with Crippen molar-refractivity contribution in [2.45, 2.75) is 30.7 Å². The predicted octanol–water partition coefficient (Wildman–Crippen LogP) is -2.44. The van der Waals surface area contributed by atoms with Crippen LogP contribution in [-0.2, 0) is 14.9 Å². The molecule has 1 aromatic carbocycles. The minimum atomic E-state index is -3.98. The molecule has 0 saturated carbocycles. The number of aliphatic hydroxyl groups is 4. The lowest BCUT2D eigenvalue weighted by Crippen LogP contribution is -2.60. The Morgan fingerprint density at radius 2 is 1.85 bits per heavy atom. The van der Waals surface area contributed by atoms with Crippen molar-refractivity contribution < 1.29 is 47.3 Å². The maximum atomic E-state index is 11.7. The van der Waals surface area contributed by atoms with Crippen molar-refractivity contribution in [3.05, 3.63) is 23.8 Å². The molecule has 11 nitrogen and oxygen atoms in total. The number of nitrogens with one attached hydrogen (secondary N) is 1. The maximum Gasteiger partial charge on any atom is 0.306 e. The molecule has 0 aliphatic carbocycles. The third kappa shape index (κ3) is 5.06. The second-order valence-corrected chi connectivity index (χ2v) is 7.42. The minimum absolute atomic E-state index is 0.0808. The van der Waals surface area contributed by atoms with Gasteiger partial charge >= 0.3 is 10.1 Å². The van der Waals surface area contributed by atoms with Crippen molar-refractivity contribution in [3.63, 3.8) is 0 Å². The fourth-order valence-corrected chi connectivity index (χ4v) is 2.87. The lowest BCUT2D eigenvalue weighted by Gasteiger charge is -2.39. The summed E-state index contributed by atoms with van der Waals surface area (Å²) in [6, 6.07) is 3.64. The molecule has 5 N–H and O–H groups in total. The molecule has 1 aliphatic rings. The van der Waals surface area contributed by atoms with E-state index in [1.54, 1.807) is 0 Å². The zero-order valence-corrected chi connectivity index (χ0v) is 15.3. The highest BCUT2D eigenvalue weighted by molar-refractivity contribution is 7.86. The largest absolute Gasteiger partial charge is 0.458 e. The van der Waals surface area contributed by atoms with E-state index in [4.69, 9.17) is 13.7 Å². The Bertz CT molecular complexity index is 781. The van der Waals surface area contributed by atoms with Crippen LogP contribution >= 0.6 is 0 Å².